The fraction of sp³-hybridized carbons (Fsp3) is 0.500. The monoisotopic (exact) mass is 367 g/mol. The van der Waals surface area contributed by atoms with Gasteiger partial charge in [-0.3, -0.25) is 0 Å². The second-order valence-corrected chi connectivity index (χ2v) is 7.65. The number of aliphatic hydroxyl groups is 1. The van der Waals surface area contributed by atoms with Crippen molar-refractivity contribution >= 4 is 16.0 Å². The molecular formula is C14H16F3NO5S. The lowest BCUT2D eigenvalue weighted by Crippen LogP contribution is -2.54. The van der Waals surface area contributed by atoms with Gasteiger partial charge in [0.1, 0.15) is 0 Å². The Hall–Kier alpha value is -1.65. The number of aryl methyl sites for hydroxylation is 1. The zero-order valence-electron chi connectivity index (χ0n) is 12.7. The molecule has 0 atom stereocenters. The van der Waals surface area contributed by atoms with Crippen LogP contribution in [0.4, 0.5) is 13.2 Å². The van der Waals surface area contributed by atoms with E-state index in [9.17, 15) is 31.5 Å². The van der Waals surface area contributed by atoms with Crippen LogP contribution in [0.5, 0.6) is 0 Å². The molecule has 6 nitrogen and oxygen atoms in total. The minimum absolute atomic E-state index is 0.195. The molecule has 1 aromatic rings. The number of piperidine rings is 1. The van der Waals surface area contributed by atoms with Crippen LogP contribution in [-0.2, 0) is 10.0 Å². The van der Waals surface area contributed by atoms with Crippen LogP contribution in [0.15, 0.2) is 23.1 Å². The maximum absolute atomic E-state index is 12.8. The highest BCUT2D eigenvalue weighted by Crippen LogP contribution is 2.39. The van der Waals surface area contributed by atoms with E-state index in [2.05, 4.69) is 0 Å². The minimum atomic E-state index is -4.83. The molecule has 2 rings (SSSR count). The zero-order chi connectivity index (χ0) is 18.3. The Morgan fingerprint density at radius 1 is 1.25 bits per heavy atom. The van der Waals surface area contributed by atoms with Gasteiger partial charge < -0.3 is 10.2 Å². The van der Waals surface area contributed by atoms with E-state index in [0.717, 1.165) is 10.4 Å². The van der Waals surface area contributed by atoms with E-state index in [-0.39, 0.29) is 10.5 Å². The van der Waals surface area contributed by atoms with Crippen LogP contribution in [0.25, 0.3) is 0 Å². The Bertz CT molecular complexity index is 752. The van der Waals surface area contributed by atoms with Gasteiger partial charge in [-0.2, -0.15) is 17.5 Å². The van der Waals surface area contributed by atoms with Crippen LogP contribution in [-0.4, -0.2) is 53.8 Å². The van der Waals surface area contributed by atoms with Gasteiger partial charge in [0.05, 0.1) is 10.5 Å². The third-order valence-corrected chi connectivity index (χ3v) is 6.05. The van der Waals surface area contributed by atoms with Crippen molar-refractivity contribution in [3.8, 4) is 0 Å². The average molecular weight is 367 g/mol. The highest BCUT2D eigenvalue weighted by atomic mass is 32.2. The van der Waals surface area contributed by atoms with E-state index in [4.69, 9.17) is 5.11 Å². The van der Waals surface area contributed by atoms with Crippen molar-refractivity contribution in [2.75, 3.05) is 13.1 Å². The molecule has 1 aliphatic rings. The predicted octanol–water partition coefficient (Wildman–Crippen LogP) is 1.77. The number of benzene rings is 1. The molecule has 0 radical (unpaired) electrons. The first kappa shape index (κ1) is 18.7. The normalized spacial score (nSPS) is 19.2. The molecule has 1 aromatic carbocycles. The van der Waals surface area contributed by atoms with E-state index < -0.39 is 53.7 Å². The number of halogens is 3. The fourth-order valence-electron chi connectivity index (χ4n) is 2.52. The fourth-order valence-corrected chi connectivity index (χ4v) is 3.99. The van der Waals surface area contributed by atoms with Crippen LogP contribution in [0.1, 0.15) is 28.8 Å². The second kappa shape index (κ2) is 6.01. The Balaban J connectivity index is 2.27. The smallest absolute Gasteiger partial charge is 0.417 e. The van der Waals surface area contributed by atoms with Gasteiger partial charge in [0, 0.05) is 13.1 Å². The van der Waals surface area contributed by atoms with Crippen molar-refractivity contribution in [3.63, 3.8) is 0 Å². The second-order valence-electron chi connectivity index (χ2n) is 5.72. The van der Waals surface area contributed by atoms with Gasteiger partial charge in [-0.05, 0) is 37.5 Å². The summed E-state index contributed by atoms with van der Waals surface area (Å²) in [6, 6.07) is 3.52. The summed E-state index contributed by atoms with van der Waals surface area (Å²) in [5.41, 5.74) is -2.73. The van der Waals surface area contributed by atoms with Crippen LogP contribution in [0, 0.1) is 6.92 Å². The summed E-state index contributed by atoms with van der Waals surface area (Å²) >= 11 is 0. The third-order valence-electron chi connectivity index (χ3n) is 4.15. The topological polar surface area (TPSA) is 94.9 Å². The Morgan fingerprint density at radius 2 is 1.79 bits per heavy atom. The van der Waals surface area contributed by atoms with Crippen molar-refractivity contribution in [3.05, 3.63) is 29.3 Å². The molecule has 10 heteroatoms. The van der Waals surface area contributed by atoms with Crippen LogP contribution >= 0.6 is 0 Å². The molecule has 0 amide bonds. The maximum Gasteiger partial charge on any atom is 0.417 e. The number of aromatic carboxylic acids is 1. The van der Waals surface area contributed by atoms with E-state index in [1.165, 1.54) is 19.1 Å². The number of hydrogen-bond acceptors (Lipinski definition) is 4. The number of nitrogens with zero attached hydrogens (tertiary/aromatic N) is 1. The summed E-state index contributed by atoms with van der Waals surface area (Å²) in [6.07, 6.45) is -6.37. The molecule has 2 N–H and O–H groups in total. The lowest BCUT2D eigenvalue weighted by Gasteiger charge is -2.38. The third kappa shape index (κ3) is 3.26. The molecule has 0 unspecified atom stereocenters. The molecule has 1 heterocycles. The minimum Gasteiger partial charge on any atom is -0.478 e. The number of hydrogen-bond donors (Lipinski definition) is 2. The summed E-state index contributed by atoms with van der Waals surface area (Å²) in [4.78, 5) is 10.8. The van der Waals surface area contributed by atoms with Gasteiger partial charge in [0.2, 0.25) is 10.0 Å². The summed E-state index contributed by atoms with van der Waals surface area (Å²) in [5, 5.41) is 18.6. The predicted molar refractivity (Wildman–Crippen MR) is 77.1 cm³/mol. The lowest BCUT2D eigenvalue weighted by molar-refractivity contribution is -0.270. The Morgan fingerprint density at radius 3 is 2.25 bits per heavy atom. The van der Waals surface area contributed by atoms with Crippen molar-refractivity contribution in [2.45, 2.75) is 36.4 Å². The quantitative estimate of drug-likeness (QED) is 0.849. The molecule has 134 valence electrons. The molecule has 0 bridgehead atoms. The van der Waals surface area contributed by atoms with Crippen molar-refractivity contribution < 1.29 is 36.6 Å². The highest BCUT2D eigenvalue weighted by molar-refractivity contribution is 7.89. The Kier molecular flexibility index (Phi) is 4.68. The number of carboxylic acids is 1. The summed E-state index contributed by atoms with van der Waals surface area (Å²) < 4.78 is 64.2. The maximum atomic E-state index is 12.8. The number of sulfonamides is 1. The standard InChI is InChI=1S/C14H16F3NO5S/c1-9-2-3-10(8-11(9)12(19)20)24(22,23)18-6-4-13(21,5-7-18)14(15,16)17/h2-3,8,21H,4-7H2,1H3,(H,19,20). The average Bonchev–Trinajstić information content (AvgIpc) is 2.46. The highest BCUT2D eigenvalue weighted by Gasteiger charge is 2.55. The largest absolute Gasteiger partial charge is 0.478 e. The van der Waals surface area contributed by atoms with E-state index >= 15 is 0 Å². The van der Waals surface area contributed by atoms with Gasteiger partial charge in [-0.1, -0.05) is 6.07 Å². The summed E-state index contributed by atoms with van der Waals surface area (Å²) in [7, 11) is -4.14. The number of carbonyl (C=O) groups is 1. The first-order valence-corrected chi connectivity index (χ1v) is 8.46. The van der Waals surface area contributed by atoms with E-state index in [1.54, 1.807) is 0 Å². The molecular weight excluding hydrogens is 351 g/mol. The molecule has 0 aromatic heterocycles. The number of carboxylic acid groups (broad SMARTS) is 1. The first-order chi connectivity index (χ1) is 10.9. The van der Waals surface area contributed by atoms with Gasteiger partial charge in [0.25, 0.3) is 0 Å². The molecule has 1 fully saturated rings. The van der Waals surface area contributed by atoms with E-state index in [0.29, 0.717) is 5.56 Å². The SMILES string of the molecule is Cc1ccc(S(=O)(=O)N2CCC(O)(C(F)(F)F)CC2)cc1C(=O)O. The van der Waals surface area contributed by atoms with Crippen molar-refractivity contribution in [2.24, 2.45) is 0 Å². The van der Waals surface area contributed by atoms with Crippen LogP contribution in [0.2, 0.25) is 0 Å². The first-order valence-electron chi connectivity index (χ1n) is 7.02. The lowest BCUT2D eigenvalue weighted by atomic mass is 9.92. The van der Waals surface area contributed by atoms with Gasteiger partial charge in [-0.25, -0.2) is 13.2 Å². The van der Waals surface area contributed by atoms with Gasteiger partial charge in [-0.15, -0.1) is 0 Å². The van der Waals surface area contributed by atoms with Gasteiger partial charge >= 0.3 is 12.1 Å². The molecule has 1 aliphatic heterocycles. The molecule has 0 saturated carbocycles. The van der Waals surface area contributed by atoms with Gasteiger partial charge in [0.15, 0.2) is 5.60 Å². The number of rotatable bonds is 3. The van der Waals surface area contributed by atoms with Crippen LogP contribution in [0.3, 0.4) is 0 Å². The van der Waals surface area contributed by atoms with Crippen LogP contribution < -0.4 is 0 Å². The van der Waals surface area contributed by atoms with Crippen molar-refractivity contribution in [1.82, 2.24) is 4.31 Å². The molecule has 0 aliphatic carbocycles. The summed E-state index contributed by atoms with van der Waals surface area (Å²) in [6.45, 7) is 0.493. The van der Waals surface area contributed by atoms with Crippen molar-refractivity contribution in [1.29, 1.82) is 0 Å². The molecule has 1 saturated heterocycles. The molecule has 24 heavy (non-hydrogen) atoms. The zero-order valence-corrected chi connectivity index (χ0v) is 13.5. The summed E-state index contributed by atoms with van der Waals surface area (Å²) in [5.74, 6) is -1.30. The molecule has 0 spiro atoms. The van der Waals surface area contributed by atoms with E-state index in [1.807, 2.05) is 0 Å². The Labute approximate surface area is 136 Å². The number of alkyl halides is 3.